The fourth-order valence-corrected chi connectivity index (χ4v) is 3.33. The molecule has 0 bridgehead atoms. The van der Waals surface area contributed by atoms with Gasteiger partial charge in [0.1, 0.15) is 12.8 Å². The van der Waals surface area contributed by atoms with Crippen LogP contribution >= 0.6 is 7.37 Å². The third-order valence-corrected chi connectivity index (χ3v) is 3.74. The van der Waals surface area contributed by atoms with Gasteiger partial charge < -0.3 is 14.0 Å². The van der Waals surface area contributed by atoms with Crippen LogP contribution in [-0.2, 0) is 23.4 Å². The lowest BCUT2D eigenvalue weighted by Gasteiger charge is -2.25. The summed E-state index contributed by atoms with van der Waals surface area (Å²) in [5, 5.41) is 0. The average molecular weight is 309 g/mol. The SMILES string of the molecule is CCOC(=O)CN(C[P@@](C)(=O)OC(C)C)C(=O)OCC. The summed E-state index contributed by atoms with van der Waals surface area (Å²) in [6.07, 6.45) is -1.14. The summed E-state index contributed by atoms with van der Waals surface area (Å²) < 4.78 is 27.2. The Morgan fingerprint density at radius 3 is 2.15 bits per heavy atom. The zero-order chi connectivity index (χ0) is 15.8. The van der Waals surface area contributed by atoms with Gasteiger partial charge >= 0.3 is 12.1 Å². The fraction of sp³-hybridized carbons (Fsp3) is 0.833. The van der Waals surface area contributed by atoms with Crippen molar-refractivity contribution < 1.29 is 28.2 Å². The van der Waals surface area contributed by atoms with Crippen LogP contribution in [0.5, 0.6) is 0 Å². The molecule has 0 aromatic rings. The normalized spacial score (nSPS) is 13.7. The molecule has 8 heteroatoms. The molecule has 0 aromatic carbocycles. The standard InChI is InChI=1S/C12H24NO6P/c1-6-17-11(14)8-13(12(15)18-7-2)9-20(5,16)19-10(3)4/h10H,6-9H2,1-5H3/t20-/m0/s1. The van der Waals surface area contributed by atoms with Gasteiger partial charge in [0.2, 0.25) is 7.37 Å². The van der Waals surface area contributed by atoms with Gasteiger partial charge in [0.15, 0.2) is 0 Å². The molecular weight excluding hydrogens is 285 g/mol. The van der Waals surface area contributed by atoms with Crippen LogP contribution in [0.4, 0.5) is 4.79 Å². The van der Waals surface area contributed by atoms with Gasteiger partial charge in [0, 0.05) is 6.66 Å². The van der Waals surface area contributed by atoms with Gasteiger partial charge in [-0.1, -0.05) is 0 Å². The van der Waals surface area contributed by atoms with E-state index >= 15 is 0 Å². The molecule has 0 aliphatic rings. The molecule has 1 amide bonds. The molecule has 0 heterocycles. The topological polar surface area (TPSA) is 82.1 Å². The molecule has 0 saturated heterocycles. The van der Waals surface area contributed by atoms with Crippen molar-refractivity contribution in [3.63, 3.8) is 0 Å². The number of hydrogen-bond donors (Lipinski definition) is 0. The minimum absolute atomic E-state index is 0.164. The van der Waals surface area contributed by atoms with E-state index in [1.807, 2.05) is 0 Å². The van der Waals surface area contributed by atoms with E-state index in [4.69, 9.17) is 14.0 Å². The Balaban J connectivity index is 4.80. The van der Waals surface area contributed by atoms with Crippen LogP contribution in [0.2, 0.25) is 0 Å². The van der Waals surface area contributed by atoms with Gasteiger partial charge in [-0.2, -0.15) is 0 Å². The monoisotopic (exact) mass is 309 g/mol. The van der Waals surface area contributed by atoms with Crippen molar-refractivity contribution in [3.05, 3.63) is 0 Å². The molecule has 0 radical (unpaired) electrons. The molecule has 0 aromatic heterocycles. The van der Waals surface area contributed by atoms with Gasteiger partial charge in [0.05, 0.1) is 19.3 Å². The van der Waals surface area contributed by atoms with Crippen LogP contribution in [0.1, 0.15) is 27.7 Å². The summed E-state index contributed by atoms with van der Waals surface area (Å²) >= 11 is 0. The summed E-state index contributed by atoms with van der Waals surface area (Å²) in [6, 6.07) is 0. The van der Waals surface area contributed by atoms with Gasteiger partial charge in [0.25, 0.3) is 0 Å². The Bertz CT molecular complexity index is 371. The van der Waals surface area contributed by atoms with Crippen LogP contribution in [0.25, 0.3) is 0 Å². The smallest absolute Gasteiger partial charge is 0.410 e. The molecule has 0 aliphatic carbocycles. The number of amides is 1. The lowest BCUT2D eigenvalue weighted by molar-refractivity contribution is -0.143. The van der Waals surface area contributed by atoms with E-state index in [9.17, 15) is 14.2 Å². The molecule has 118 valence electrons. The van der Waals surface area contributed by atoms with Crippen LogP contribution in [0.3, 0.4) is 0 Å². The largest absolute Gasteiger partial charge is 0.465 e. The minimum atomic E-state index is -3.04. The van der Waals surface area contributed by atoms with Crippen LogP contribution in [0.15, 0.2) is 0 Å². The molecule has 0 rings (SSSR count). The Morgan fingerprint density at radius 2 is 1.70 bits per heavy atom. The van der Waals surface area contributed by atoms with E-state index in [-0.39, 0.29) is 32.1 Å². The molecule has 20 heavy (non-hydrogen) atoms. The number of rotatable bonds is 8. The molecule has 0 aliphatic heterocycles. The zero-order valence-corrected chi connectivity index (χ0v) is 13.6. The first-order valence-electron chi connectivity index (χ1n) is 6.54. The molecule has 0 unspecified atom stereocenters. The number of carbonyl (C=O) groups excluding carboxylic acids is 2. The van der Waals surface area contributed by atoms with Crippen molar-refractivity contribution in [2.45, 2.75) is 33.8 Å². The maximum atomic E-state index is 12.3. The van der Waals surface area contributed by atoms with E-state index in [1.54, 1.807) is 27.7 Å². The summed E-state index contributed by atoms with van der Waals surface area (Å²) in [6.45, 7) is 8.29. The number of ether oxygens (including phenoxy) is 2. The molecule has 0 spiro atoms. The predicted octanol–water partition coefficient (Wildman–Crippen LogP) is 2.30. The second-order valence-corrected chi connectivity index (χ2v) is 7.03. The highest BCUT2D eigenvalue weighted by molar-refractivity contribution is 7.58. The Morgan fingerprint density at radius 1 is 1.15 bits per heavy atom. The lowest BCUT2D eigenvalue weighted by atomic mass is 10.5. The lowest BCUT2D eigenvalue weighted by Crippen LogP contribution is -2.38. The maximum absolute atomic E-state index is 12.3. The zero-order valence-electron chi connectivity index (χ0n) is 12.7. The first-order valence-corrected chi connectivity index (χ1v) is 8.79. The molecule has 0 fully saturated rings. The fourth-order valence-electron chi connectivity index (χ4n) is 1.54. The van der Waals surface area contributed by atoms with Crippen molar-refractivity contribution in [3.8, 4) is 0 Å². The third-order valence-electron chi connectivity index (χ3n) is 2.01. The highest BCUT2D eigenvalue weighted by Crippen LogP contribution is 2.44. The van der Waals surface area contributed by atoms with E-state index in [0.717, 1.165) is 4.90 Å². The summed E-state index contributed by atoms with van der Waals surface area (Å²) in [5.41, 5.74) is 0. The van der Waals surface area contributed by atoms with Crippen molar-refractivity contribution in [2.75, 3.05) is 32.7 Å². The summed E-state index contributed by atoms with van der Waals surface area (Å²) in [7, 11) is -3.04. The van der Waals surface area contributed by atoms with Gasteiger partial charge in [-0.3, -0.25) is 14.3 Å². The first-order chi connectivity index (χ1) is 9.21. The van der Waals surface area contributed by atoms with E-state index in [2.05, 4.69) is 0 Å². The minimum Gasteiger partial charge on any atom is -0.465 e. The van der Waals surface area contributed by atoms with Crippen LogP contribution in [0, 0.1) is 0 Å². The van der Waals surface area contributed by atoms with Crippen LogP contribution in [-0.4, -0.2) is 55.8 Å². The third kappa shape index (κ3) is 8.17. The average Bonchev–Trinajstić information content (AvgIpc) is 2.26. The van der Waals surface area contributed by atoms with E-state index in [1.165, 1.54) is 6.66 Å². The van der Waals surface area contributed by atoms with Crippen molar-refractivity contribution in [1.29, 1.82) is 0 Å². The number of nitrogens with zero attached hydrogens (tertiary/aromatic N) is 1. The van der Waals surface area contributed by atoms with Crippen molar-refractivity contribution in [1.82, 2.24) is 4.90 Å². The Labute approximate surface area is 120 Å². The second kappa shape index (κ2) is 8.97. The predicted molar refractivity (Wildman–Crippen MR) is 75.0 cm³/mol. The molecule has 0 saturated carbocycles. The van der Waals surface area contributed by atoms with Crippen molar-refractivity contribution in [2.24, 2.45) is 0 Å². The second-order valence-electron chi connectivity index (χ2n) is 4.51. The number of hydrogen-bond acceptors (Lipinski definition) is 6. The van der Waals surface area contributed by atoms with Gasteiger partial charge in [-0.05, 0) is 27.7 Å². The first kappa shape index (κ1) is 18.9. The maximum Gasteiger partial charge on any atom is 0.410 e. The highest BCUT2D eigenvalue weighted by Gasteiger charge is 2.28. The molecule has 1 atom stereocenters. The van der Waals surface area contributed by atoms with Gasteiger partial charge in [-0.25, -0.2) is 4.79 Å². The Kier molecular flexibility index (Phi) is 8.49. The number of carbonyl (C=O) groups is 2. The molecule has 0 N–H and O–H groups in total. The quantitative estimate of drug-likeness (QED) is 0.505. The van der Waals surface area contributed by atoms with Gasteiger partial charge in [-0.15, -0.1) is 0 Å². The highest BCUT2D eigenvalue weighted by atomic mass is 31.2. The van der Waals surface area contributed by atoms with Crippen molar-refractivity contribution >= 4 is 19.4 Å². The number of esters is 1. The molecule has 7 nitrogen and oxygen atoms in total. The molecular formula is C12H24NO6P. The van der Waals surface area contributed by atoms with E-state index in [0.29, 0.717) is 0 Å². The summed E-state index contributed by atoms with van der Waals surface area (Å²) in [4.78, 5) is 24.3. The van der Waals surface area contributed by atoms with E-state index < -0.39 is 19.4 Å². The van der Waals surface area contributed by atoms with Crippen LogP contribution < -0.4 is 0 Å². The Hall–Kier alpha value is -1.07. The summed E-state index contributed by atoms with van der Waals surface area (Å²) in [5.74, 6) is -0.579.